The van der Waals surface area contributed by atoms with Crippen LogP contribution < -0.4 is 10.1 Å². The van der Waals surface area contributed by atoms with E-state index in [1.54, 1.807) is 29.5 Å². The van der Waals surface area contributed by atoms with E-state index in [9.17, 15) is 19.2 Å². The first kappa shape index (κ1) is 35.1. The third-order valence-corrected chi connectivity index (χ3v) is 11.1. The highest BCUT2D eigenvalue weighted by Crippen LogP contribution is 2.37. The molecule has 8 rings (SSSR count). The largest absolute Gasteiger partial charge is 0.493 e. The van der Waals surface area contributed by atoms with E-state index in [0.29, 0.717) is 36.0 Å². The summed E-state index contributed by atoms with van der Waals surface area (Å²) in [5.74, 6) is 6.24. The molecule has 1 fully saturated rings. The molecule has 5 aromatic rings. The molecule has 1 atom stereocenters. The maximum Gasteiger partial charge on any atom is 0.266 e. The number of carbonyl (C=O) groups is 4. The number of aromatic nitrogens is 4. The van der Waals surface area contributed by atoms with Crippen molar-refractivity contribution in [2.24, 2.45) is 4.99 Å². The lowest BCUT2D eigenvalue weighted by Crippen LogP contribution is -2.54. The molecule has 0 bridgehead atoms. The number of aryl methyl sites for hydroxylation is 2. The number of carbonyl (C=O) groups excluding carboxylic acids is 4. The molecule has 2 aromatic carbocycles. The Morgan fingerprint density at radius 3 is 2.57 bits per heavy atom. The van der Waals surface area contributed by atoms with Gasteiger partial charge in [-0.15, -0.1) is 21.5 Å². The molecule has 0 radical (unpaired) electrons. The first-order valence-corrected chi connectivity index (χ1v) is 18.7. The normalized spacial score (nSPS) is 16.2. The molecule has 54 heavy (non-hydrogen) atoms. The number of unbranched alkanes of at least 4 members (excludes halogenated alkanes) is 1. The number of rotatable bonds is 8. The molecule has 6 heterocycles. The molecule has 1 unspecified atom stereocenters. The Balaban J connectivity index is 0.904. The van der Waals surface area contributed by atoms with Crippen molar-refractivity contribution in [2.45, 2.75) is 58.5 Å². The van der Waals surface area contributed by atoms with Crippen molar-refractivity contribution in [1.29, 1.82) is 0 Å². The average molecular weight is 758 g/mol. The predicted molar refractivity (Wildman–Crippen MR) is 201 cm³/mol. The minimum Gasteiger partial charge on any atom is -0.493 e. The molecule has 14 heteroatoms. The summed E-state index contributed by atoms with van der Waals surface area (Å²) in [6.07, 6.45) is 4.25. The van der Waals surface area contributed by atoms with Crippen molar-refractivity contribution in [1.82, 2.24) is 30.0 Å². The third-order valence-electron chi connectivity index (χ3n) is 9.63. The Bertz CT molecular complexity index is 2460. The molecule has 0 spiro atoms. The second-order valence-corrected chi connectivity index (χ2v) is 14.6. The molecule has 3 aromatic heterocycles. The quantitative estimate of drug-likeness (QED) is 0.123. The number of nitrogens with zero attached hydrogens (tertiary/aromatic N) is 6. The number of hydrogen-bond donors (Lipinski definition) is 1. The number of imide groups is 2. The summed E-state index contributed by atoms with van der Waals surface area (Å²) in [4.78, 5) is 61.8. The molecule has 0 aliphatic carbocycles. The van der Waals surface area contributed by atoms with Gasteiger partial charge in [-0.3, -0.25) is 39.0 Å². The van der Waals surface area contributed by atoms with E-state index in [1.807, 2.05) is 49.5 Å². The van der Waals surface area contributed by atoms with Crippen molar-refractivity contribution in [3.05, 3.63) is 121 Å². The van der Waals surface area contributed by atoms with Crippen LogP contribution in [0, 0.1) is 25.7 Å². The van der Waals surface area contributed by atoms with E-state index < -0.39 is 29.7 Å². The highest BCUT2D eigenvalue weighted by atomic mass is 35.5. The summed E-state index contributed by atoms with van der Waals surface area (Å²) in [7, 11) is 0. The average Bonchev–Trinajstić information content (AvgIpc) is 3.73. The van der Waals surface area contributed by atoms with Crippen molar-refractivity contribution in [3.63, 3.8) is 0 Å². The highest BCUT2D eigenvalue weighted by molar-refractivity contribution is 7.15. The zero-order valence-electron chi connectivity index (χ0n) is 29.3. The first-order valence-electron chi connectivity index (χ1n) is 17.5. The van der Waals surface area contributed by atoms with Crippen molar-refractivity contribution in [2.75, 3.05) is 6.61 Å². The standard InChI is InChI=1S/C40H32ClN7O5S/c1-22-31(54-40-34(22)36(25-10-12-26(41)13-11-25)43-21-32-46-45-23(2)47(32)40)17-15-27-14-9-24(20-42-27)6-3-4-19-53-30-8-5-7-28-35(30)39(52)48(38(28)51)29-16-18-33(49)44-37(29)50/h5,7-14,20,29H,3-4,6,16,18-19,21H2,1-2H3,(H,44,49,50). The zero-order valence-corrected chi connectivity index (χ0v) is 30.9. The first-order chi connectivity index (χ1) is 26.2. The lowest BCUT2D eigenvalue weighted by atomic mass is 10.00. The van der Waals surface area contributed by atoms with Crippen LogP contribution in [0.15, 0.2) is 65.8 Å². The second-order valence-electron chi connectivity index (χ2n) is 13.1. The van der Waals surface area contributed by atoms with Crippen LogP contribution in [0.5, 0.6) is 5.75 Å². The molecule has 3 aliphatic rings. The van der Waals surface area contributed by atoms with Crippen molar-refractivity contribution in [3.8, 4) is 22.6 Å². The summed E-state index contributed by atoms with van der Waals surface area (Å²) >= 11 is 7.78. The molecule has 3 aliphatic heterocycles. The number of fused-ring (bicyclic) bond motifs is 4. The van der Waals surface area contributed by atoms with Gasteiger partial charge in [0, 0.05) is 28.8 Å². The fourth-order valence-corrected chi connectivity index (χ4v) is 8.24. The van der Waals surface area contributed by atoms with Gasteiger partial charge in [0.25, 0.3) is 11.8 Å². The number of piperidine rings is 1. The van der Waals surface area contributed by atoms with E-state index >= 15 is 0 Å². The van der Waals surface area contributed by atoms with Crippen molar-refractivity contribution < 1.29 is 23.9 Å². The summed E-state index contributed by atoms with van der Waals surface area (Å²) in [6, 6.07) is 15.4. The van der Waals surface area contributed by atoms with Gasteiger partial charge in [0.05, 0.1) is 28.3 Å². The van der Waals surface area contributed by atoms with Crippen LogP contribution in [0.3, 0.4) is 0 Å². The summed E-state index contributed by atoms with van der Waals surface area (Å²) < 4.78 is 8.04. The van der Waals surface area contributed by atoms with Gasteiger partial charge in [0.1, 0.15) is 34.9 Å². The maximum absolute atomic E-state index is 13.3. The van der Waals surface area contributed by atoms with Gasteiger partial charge < -0.3 is 4.74 Å². The Hall–Kier alpha value is -5.97. The number of pyridine rings is 1. The Kier molecular flexibility index (Phi) is 9.39. The van der Waals surface area contributed by atoms with E-state index in [-0.39, 0.29) is 24.0 Å². The molecule has 12 nitrogen and oxygen atoms in total. The number of nitrogens with one attached hydrogen (secondary N) is 1. The second kappa shape index (κ2) is 14.5. The van der Waals surface area contributed by atoms with E-state index in [0.717, 1.165) is 67.2 Å². The number of thiophene rings is 1. The molecule has 1 saturated heterocycles. The number of halogens is 1. The van der Waals surface area contributed by atoms with E-state index in [4.69, 9.17) is 21.3 Å². The van der Waals surface area contributed by atoms with Crippen LogP contribution in [0.1, 0.15) is 90.9 Å². The Morgan fingerprint density at radius 2 is 1.80 bits per heavy atom. The van der Waals surface area contributed by atoms with Crippen LogP contribution in [0.2, 0.25) is 5.02 Å². The molecule has 0 saturated carbocycles. The van der Waals surface area contributed by atoms with Crippen molar-refractivity contribution >= 4 is 52.3 Å². The number of benzene rings is 2. The van der Waals surface area contributed by atoms with Gasteiger partial charge in [-0.05, 0) is 92.8 Å². The van der Waals surface area contributed by atoms with E-state index in [1.165, 1.54) is 0 Å². The lowest BCUT2D eigenvalue weighted by Gasteiger charge is -2.27. The highest BCUT2D eigenvalue weighted by Gasteiger charge is 2.46. The molecule has 1 N–H and O–H groups in total. The predicted octanol–water partition coefficient (Wildman–Crippen LogP) is 5.55. The number of amides is 4. The van der Waals surface area contributed by atoms with E-state index in [2.05, 4.69) is 43.8 Å². The molecule has 4 amide bonds. The lowest BCUT2D eigenvalue weighted by molar-refractivity contribution is -0.136. The number of ether oxygens (including phenoxy) is 1. The zero-order chi connectivity index (χ0) is 37.5. The molecular weight excluding hydrogens is 726 g/mol. The summed E-state index contributed by atoms with van der Waals surface area (Å²) in [5.41, 5.74) is 5.92. The molecule has 270 valence electrons. The fourth-order valence-electron chi connectivity index (χ4n) is 6.88. The van der Waals surface area contributed by atoms with Gasteiger partial charge in [0.2, 0.25) is 11.8 Å². The SMILES string of the molecule is Cc1c(C#Cc2ccc(CCCCOc3cccc4c3C(=O)N(C3CCC(=O)NC3=O)C4=O)cn2)sc2c1C(c1ccc(Cl)cc1)=NCc1nnc(C)n1-2. The Labute approximate surface area is 319 Å². The summed E-state index contributed by atoms with van der Waals surface area (Å²) in [6.45, 7) is 4.74. The van der Waals surface area contributed by atoms with Gasteiger partial charge in [-0.25, -0.2) is 4.98 Å². The van der Waals surface area contributed by atoms with Crippen LogP contribution in [0.25, 0.3) is 5.00 Å². The number of hydrogen-bond acceptors (Lipinski definition) is 10. The number of aliphatic imine (C=N–C) groups is 1. The topological polar surface area (TPSA) is 149 Å². The van der Waals surface area contributed by atoms with Crippen LogP contribution in [-0.4, -0.2) is 66.6 Å². The van der Waals surface area contributed by atoms with Crippen LogP contribution in [-0.2, 0) is 22.6 Å². The monoisotopic (exact) mass is 757 g/mol. The van der Waals surface area contributed by atoms with Gasteiger partial charge in [-0.2, -0.15) is 0 Å². The van der Waals surface area contributed by atoms with Gasteiger partial charge in [-0.1, -0.05) is 35.9 Å². The summed E-state index contributed by atoms with van der Waals surface area (Å²) in [5, 5.41) is 12.5. The van der Waals surface area contributed by atoms with Gasteiger partial charge in [0.15, 0.2) is 5.82 Å². The fraction of sp³-hybridized carbons (Fsp3) is 0.250. The minimum absolute atomic E-state index is 0.0602. The smallest absolute Gasteiger partial charge is 0.266 e. The Morgan fingerprint density at radius 1 is 0.963 bits per heavy atom. The van der Waals surface area contributed by atoms with Gasteiger partial charge >= 0.3 is 0 Å². The van der Waals surface area contributed by atoms with Crippen LogP contribution >= 0.6 is 22.9 Å². The maximum atomic E-state index is 13.3. The molecular formula is C40H32ClN7O5S. The minimum atomic E-state index is -1.03. The van der Waals surface area contributed by atoms with Crippen LogP contribution in [0.4, 0.5) is 0 Å². The third kappa shape index (κ3) is 6.48.